The van der Waals surface area contributed by atoms with E-state index in [0.29, 0.717) is 12.2 Å². The minimum absolute atomic E-state index is 0.0187. The average molecular weight is 247 g/mol. The summed E-state index contributed by atoms with van der Waals surface area (Å²) in [4.78, 5) is 10.8. The van der Waals surface area contributed by atoms with Crippen molar-refractivity contribution in [1.82, 2.24) is 0 Å². The molecule has 1 aromatic rings. The molecule has 0 aliphatic heterocycles. The van der Waals surface area contributed by atoms with E-state index in [4.69, 9.17) is 17.3 Å². The topological polar surface area (TPSA) is 64.3 Å². The summed E-state index contributed by atoms with van der Waals surface area (Å²) in [6.45, 7) is 0.346. The first-order valence-corrected chi connectivity index (χ1v) is 4.97. The summed E-state index contributed by atoms with van der Waals surface area (Å²) >= 11 is 5.59. The van der Waals surface area contributed by atoms with Gasteiger partial charge in [-0.05, 0) is 6.07 Å². The van der Waals surface area contributed by atoms with Gasteiger partial charge in [0, 0.05) is 12.6 Å². The van der Waals surface area contributed by atoms with Crippen molar-refractivity contribution in [2.75, 3.05) is 24.7 Å². The number of nitrogen functional groups attached to an aromatic ring is 1. The van der Waals surface area contributed by atoms with Gasteiger partial charge in [0.2, 0.25) is 0 Å². The van der Waals surface area contributed by atoms with Crippen LogP contribution < -0.4 is 11.1 Å². The van der Waals surface area contributed by atoms with Crippen LogP contribution in [0.15, 0.2) is 12.1 Å². The van der Waals surface area contributed by atoms with Gasteiger partial charge >= 0.3 is 5.97 Å². The molecule has 0 saturated carbocycles. The van der Waals surface area contributed by atoms with E-state index >= 15 is 0 Å². The summed E-state index contributed by atoms with van der Waals surface area (Å²) in [5, 5.41) is 2.85. The summed E-state index contributed by atoms with van der Waals surface area (Å²) in [5.41, 5.74) is 6.30. The molecule has 0 atom stereocenters. The lowest BCUT2D eigenvalue weighted by molar-refractivity contribution is -0.140. The van der Waals surface area contributed by atoms with Crippen LogP contribution in [0.1, 0.15) is 6.42 Å². The van der Waals surface area contributed by atoms with Crippen LogP contribution in [0.2, 0.25) is 5.02 Å². The maximum absolute atomic E-state index is 13.0. The first-order chi connectivity index (χ1) is 7.54. The number of nitrogens with two attached hydrogens (primary N) is 1. The van der Waals surface area contributed by atoms with Crippen LogP contribution in [0.3, 0.4) is 0 Å². The molecule has 0 saturated heterocycles. The SMILES string of the molecule is COC(=O)CCNc1cc(Cl)c(F)cc1N. The van der Waals surface area contributed by atoms with E-state index in [1.165, 1.54) is 13.2 Å². The molecule has 0 heterocycles. The third-order valence-electron chi connectivity index (χ3n) is 1.96. The predicted molar refractivity (Wildman–Crippen MR) is 60.9 cm³/mol. The zero-order valence-electron chi connectivity index (χ0n) is 8.72. The Labute approximate surface area is 97.5 Å². The zero-order valence-corrected chi connectivity index (χ0v) is 9.47. The number of carbonyl (C=O) groups is 1. The second kappa shape index (κ2) is 5.55. The number of halogens is 2. The molecule has 0 aliphatic carbocycles. The molecule has 0 aliphatic rings. The Morgan fingerprint density at radius 1 is 1.62 bits per heavy atom. The Morgan fingerprint density at radius 2 is 2.31 bits per heavy atom. The number of methoxy groups -OCH3 is 1. The Balaban J connectivity index is 2.60. The molecule has 0 spiro atoms. The number of anilines is 2. The van der Waals surface area contributed by atoms with Crippen LogP contribution >= 0.6 is 11.6 Å². The molecule has 6 heteroatoms. The number of carbonyl (C=O) groups excluding carboxylic acids is 1. The maximum Gasteiger partial charge on any atom is 0.307 e. The average Bonchev–Trinajstić information content (AvgIpc) is 2.25. The molecule has 1 aromatic carbocycles. The largest absolute Gasteiger partial charge is 0.469 e. The van der Waals surface area contributed by atoms with E-state index < -0.39 is 5.82 Å². The molecular formula is C10H12ClFN2O2. The maximum atomic E-state index is 13.0. The molecule has 3 N–H and O–H groups in total. The van der Waals surface area contributed by atoms with Gasteiger partial charge in [-0.3, -0.25) is 4.79 Å². The minimum atomic E-state index is -0.572. The van der Waals surface area contributed by atoms with Crippen molar-refractivity contribution in [1.29, 1.82) is 0 Å². The highest BCUT2D eigenvalue weighted by atomic mass is 35.5. The Hall–Kier alpha value is -1.49. The third kappa shape index (κ3) is 3.27. The zero-order chi connectivity index (χ0) is 12.1. The quantitative estimate of drug-likeness (QED) is 0.630. The standard InChI is InChI=1S/C10H12ClFN2O2/c1-16-10(15)2-3-14-9-4-6(11)7(12)5-8(9)13/h4-5,14H,2-3,13H2,1H3. The van der Waals surface area contributed by atoms with Gasteiger partial charge in [0.1, 0.15) is 5.82 Å². The first-order valence-electron chi connectivity index (χ1n) is 4.59. The normalized spacial score (nSPS) is 9.94. The first kappa shape index (κ1) is 12.6. The molecule has 0 fully saturated rings. The Bertz CT molecular complexity index is 399. The predicted octanol–water partition coefficient (Wildman–Crippen LogP) is 2.04. The lowest BCUT2D eigenvalue weighted by Gasteiger charge is -2.09. The number of hydrogen-bond donors (Lipinski definition) is 2. The molecule has 4 nitrogen and oxygen atoms in total. The van der Waals surface area contributed by atoms with Crippen LogP contribution in [0.5, 0.6) is 0 Å². The molecule has 0 amide bonds. The van der Waals surface area contributed by atoms with Crippen molar-refractivity contribution in [2.24, 2.45) is 0 Å². The molecule has 16 heavy (non-hydrogen) atoms. The summed E-state index contributed by atoms with van der Waals surface area (Å²) in [7, 11) is 1.31. The lowest BCUT2D eigenvalue weighted by Crippen LogP contribution is -2.10. The number of ether oxygens (including phenoxy) is 1. The van der Waals surface area contributed by atoms with Gasteiger partial charge in [0.25, 0.3) is 0 Å². The summed E-state index contributed by atoms with van der Waals surface area (Å²) in [6, 6.07) is 2.51. The molecule has 0 radical (unpaired) electrons. The second-order valence-electron chi connectivity index (χ2n) is 3.11. The fourth-order valence-electron chi connectivity index (χ4n) is 1.12. The van der Waals surface area contributed by atoms with Gasteiger partial charge in [0.15, 0.2) is 0 Å². The van der Waals surface area contributed by atoms with Crippen LogP contribution in [-0.2, 0) is 9.53 Å². The van der Waals surface area contributed by atoms with Gasteiger partial charge in [-0.1, -0.05) is 11.6 Å². The van der Waals surface area contributed by atoms with Crippen LogP contribution in [-0.4, -0.2) is 19.6 Å². The third-order valence-corrected chi connectivity index (χ3v) is 2.25. The fourth-order valence-corrected chi connectivity index (χ4v) is 1.28. The van der Waals surface area contributed by atoms with Crippen molar-refractivity contribution in [3.05, 3.63) is 23.0 Å². The second-order valence-corrected chi connectivity index (χ2v) is 3.51. The van der Waals surface area contributed by atoms with Gasteiger partial charge in [-0.2, -0.15) is 0 Å². The highest BCUT2D eigenvalue weighted by Crippen LogP contribution is 2.26. The number of nitrogens with one attached hydrogen (secondary N) is 1. The summed E-state index contributed by atoms with van der Waals surface area (Å²) in [6.07, 6.45) is 0.199. The minimum Gasteiger partial charge on any atom is -0.469 e. The van der Waals surface area contributed by atoms with E-state index in [1.54, 1.807) is 0 Å². The molecule has 0 aromatic heterocycles. The number of benzene rings is 1. The lowest BCUT2D eigenvalue weighted by atomic mass is 10.2. The number of rotatable bonds is 4. The van der Waals surface area contributed by atoms with Crippen LogP contribution in [0, 0.1) is 5.82 Å². The van der Waals surface area contributed by atoms with Crippen LogP contribution in [0.4, 0.5) is 15.8 Å². The monoisotopic (exact) mass is 246 g/mol. The van der Waals surface area contributed by atoms with Gasteiger partial charge in [-0.15, -0.1) is 0 Å². The number of esters is 1. The van der Waals surface area contributed by atoms with Crippen molar-refractivity contribution in [2.45, 2.75) is 6.42 Å². The number of hydrogen-bond acceptors (Lipinski definition) is 4. The molecule has 0 bridgehead atoms. The van der Waals surface area contributed by atoms with Gasteiger partial charge in [0.05, 0.1) is 29.9 Å². The fraction of sp³-hybridized carbons (Fsp3) is 0.300. The van der Waals surface area contributed by atoms with Crippen LogP contribution in [0.25, 0.3) is 0 Å². The van der Waals surface area contributed by atoms with Gasteiger partial charge < -0.3 is 15.8 Å². The van der Waals surface area contributed by atoms with E-state index in [1.807, 2.05) is 0 Å². The van der Waals surface area contributed by atoms with Gasteiger partial charge in [-0.25, -0.2) is 4.39 Å². The molecule has 0 unspecified atom stereocenters. The van der Waals surface area contributed by atoms with Crippen molar-refractivity contribution in [3.8, 4) is 0 Å². The summed E-state index contributed by atoms with van der Waals surface area (Å²) in [5.74, 6) is -0.906. The summed E-state index contributed by atoms with van der Waals surface area (Å²) < 4.78 is 17.4. The highest BCUT2D eigenvalue weighted by Gasteiger charge is 2.06. The Morgan fingerprint density at radius 3 is 2.94 bits per heavy atom. The van der Waals surface area contributed by atoms with E-state index in [9.17, 15) is 9.18 Å². The van der Waals surface area contributed by atoms with Crippen molar-refractivity contribution >= 4 is 28.9 Å². The van der Waals surface area contributed by atoms with E-state index in [2.05, 4.69) is 10.1 Å². The molecule has 88 valence electrons. The van der Waals surface area contributed by atoms with E-state index in [-0.39, 0.29) is 23.1 Å². The molecular weight excluding hydrogens is 235 g/mol. The molecule has 1 rings (SSSR count). The smallest absolute Gasteiger partial charge is 0.307 e. The van der Waals surface area contributed by atoms with E-state index in [0.717, 1.165) is 6.07 Å². The Kier molecular flexibility index (Phi) is 4.37. The van der Waals surface area contributed by atoms with Crippen molar-refractivity contribution < 1.29 is 13.9 Å². The van der Waals surface area contributed by atoms with Crippen molar-refractivity contribution in [3.63, 3.8) is 0 Å². The highest BCUT2D eigenvalue weighted by molar-refractivity contribution is 6.31.